The third-order valence-electron chi connectivity index (χ3n) is 5.90. The minimum atomic E-state index is -0.684. The molecule has 0 bridgehead atoms. The van der Waals surface area contributed by atoms with Gasteiger partial charge in [0.05, 0.1) is 12.8 Å². The fourth-order valence-electron chi connectivity index (χ4n) is 4.27. The fraction of sp³-hybridized carbons (Fsp3) is 0.240. The number of hydrogen-bond acceptors (Lipinski definition) is 6. The zero-order valence-corrected chi connectivity index (χ0v) is 19.1. The summed E-state index contributed by atoms with van der Waals surface area (Å²) in [6.45, 7) is 0.736. The van der Waals surface area contributed by atoms with Crippen LogP contribution in [0.15, 0.2) is 36.7 Å². The molecule has 0 unspecified atom stereocenters. The van der Waals surface area contributed by atoms with Gasteiger partial charge in [-0.05, 0) is 43.9 Å². The molecular formula is C25H21F3N6O. The first kappa shape index (κ1) is 22.7. The maximum Gasteiger partial charge on any atom is 0.208 e. The summed E-state index contributed by atoms with van der Waals surface area (Å²) in [6, 6.07) is 7.42. The molecule has 1 N–H and O–H groups in total. The van der Waals surface area contributed by atoms with Crippen molar-refractivity contribution in [3.8, 4) is 22.9 Å². The minimum absolute atomic E-state index is 0.0385. The maximum absolute atomic E-state index is 14.7. The molecule has 178 valence electrons. The number of fused-ring (bicyclic) bond motifs is 2. The Morgan fingerprint density at radius 3 is 2.63 bits per heavy atom. The minimum Gasteiger partial charge on any atom is -0.493 e. The Labute approximate surface area is 199 Å². The van der Waals surface area contributed by atoms with Crippen molar-refractivity contribution in [3.05, 3.63) is 76.5 Å². The molecule has 2 aromatic heterocycles. The van der Waals surface area contributed by atoms with Gasteiger partial charge < -0.3 is 15.0 Å². The van der Waals surface area contributed by atoms with E-state index in [0.29, 0.717) is 41.5 Å². The van der Waals surface area contributed by atoms with Gasteiger partial charge in [0.15, 0.2) is 11.3 Å². The van der Waals surface area contributed by atoms with Crippen LogP contribution in [0.5, 0.6) is 5.75 Å². The molecule has 0 saturated heterocycles. The summed E-state index contributed by atoms with van der Waals surface area (Å²) in [5.74, 6) is -0.762. The van der Waals surface area contributed by atoms with Crippen LogP contribution in [0, 0.1) is 28.8 Å². The lowest BCUT2D eigenvalue weighted by molar-refractivity contribution is 0.356. The van der Waals surface area contributed by atoms with Crippen molar-refractivity contribution in [3.63, 3.8) is 0 Å². The number of anilines is 1. The van der Waals surface area contributed by atoms with Crippen molar-refractivity contribution in [2.45, 2.75) is 19.5 Å². The quantitative estimate of drug-likeness (QED) is 0.446. The van der Waals surface area contributed by atoms with E-state index in [0.717, 1.165) is 5.56 Å². The van der Waals surface area contributed by atoms with Crippen LogP contribution in [0.2, 0.25) is 0 Å². The Balaban J connectivity index is 1.54. The van der Waals surface area contributed by atoms with Crippen molar-refractivity contribution in [2.24, 2.45) is 0 Å². The highest BCUT2D eigenvalue weighted by Gasteiger charge is 2.21. The number of halogens is 3. The fourth-order valence-corrected chi connectivity index (χ4v) is 4.27. The molecule has 35 heavy (non-hydrogen) atoms. The first-order valence-corrected chi connectivity index (χ1v) is 10.9. The zero-order valence-electron chi connectivity index (χ0n) is 19.1. The van der Waals surface area contributed by atoms with E-state index in [9.17, 15) is 18.4 Å². The third kappa shape index (κ3) is 4.15. The summed E-state index contributed by atoms with van der Waals surface area (Å²) in [6.07, 6.45) is 3.51. The Kier molecular flexibility index (Phi) is 5.78. The molecule has 0 fully saturated rings. The first-order chi connectivity index (χ1) is 16.9. The molecule has 10 heteroatoms. The van der Waals surface area contributed by atoms with Crippen LogP contribution in [0.3, 0.4) is 0 Å². The van der Waals surface area contributed by atoms with Gasteiger partial charge in [-0.1, -0.05) is 0 Å². The van der Waals surface area contributed by atoms with Gasteiger partial charge in [0.25, 0.3) is 0 Å². The van der Waals surface area contributed by atoms with E-state index in [-0.39, 0.29) is 35.7 Å². The lowest BCUT2D eigenvalue weighted by Gasteiger charge is -2.14. The molecule has 1 aliphatic rings. The molecule has 2 aromatic carbocycles. The molecule has 5 rings (SSSR count). The number of hydrogen-bond donors (Lipinski definition) is 1. The molecule has 0 saturated carbocycles. The van der Waals surface area contributed by atoms with Crippen LogP contribution >= 0.6 is 0 Å². The second-order valence-corrected chi connectivity index (χ2v) is 8.54. The van der Waals surface area contributed by atoms with Crippen molar-refractivity contribution in [1.29, 1.82) is 5.26 Å². The van der Waals surface area contributed by atoms with E-state index < -0.39 is 11.6 Å². The number of nitrogens with zero attached hydrogens (tertiary/aromatic N) is 5. The normalized spacial score (nSPS) is 12.6. The summed E-state index contributed by atoms with van der Waals surface area (Å²) >= 11 is 0. The summed E-state index contributed by atoms with van der Waals surface area (Å²) in [5, 5.41) is 12.5. The monoisotopic (exact) mass is 478 g/mol. The Bertz CT molecular complexity index is 1470. The summed E-state index contributed by atoms with van der Waals surface area (Å²) in [4.78, 5) is 10.4. The van der Waals surface area contributed by atoms with Gasteiger partial charge in [0.1, 0.15) is 29.3 Å². The van der Waals surface area contributed by atoms with E-state index in [4.69, 9.17) is 4.74 Å². The summed E-state index contributed by atoms with van der Waals surface area (Å²) in [7, 11) is 3.45. The van der Waals surface area contributed by atoms with E-state index in [2.05, 4.69) is 15.3 Å². The highest BCUT2D eigenvalue weighted by atomic mass is 19.1. The van der Waals surface area contributed by atoms with E-state index in [1.807, 2.05) is 6.07 Å². The topological polar surface area (TPSA) is 78.5 Å². The van der Waals surface area contributed by atoms with Crippen LogP contribution < -0.4 is 10.1 Å². The average Bonchev–Trinajstić information content (AvgIpc) is 3.47. The van der Waals surface area contributed by atoms with Gasteiger partial charge in [-0.15, -0.1) is 0 Å². The van der Waals surface area contributed by atoms with Crippen molar-refractivity contribution >= 4 is 11.6 Å². The van der Waals surface area contributed by atoms with Crippen molar-refractivity contribution in [1.82, 2.24) is 19.3 Å². The number of rotatable bonds is 6. The molecule has 0 aliphatic carbocycles. The largest absolute Gasteiger partial charge is 0.493 e. The highest BCUT2D eigenvalue weighted by Crippen LogP contribution is 2.32. The molecule has 7 nitrogen and oxygen atoms in total. The molecule has 0 amide bonds. The number of nitriles is 1. The Hall–Kier alpha value is -4.10. The van der Waals surface area contributed by atoms with E-state index in [1.165, 1.54) is 35.0 Å². The first-order valence-electron chi connectivity index (χ1n) is 10.9. The Morgan fingerprint density at radius 2 is 1.91 bits per heavy atom. The number of benzene rings is 2. The maximum atomic E-state index is 14.7. The van der Waals surface area contributed by atoms with Crippen LogP contribution in [-0.2, 0) is 19.5 Å². The molecule has 3 heterocycles. The third-order valence-corrected chi connectivity index (χ3v) is 5.90. The molecule has 0 radical (unpaired) electrons. The van der Waals surface area contributed by atoms with Gasteiger partial charge in [-0.2, -0.15) is 5.26 Å². The summed E-state index contributed by atoms with van der Waals surface area (Å²) < 4.78 is 51.1. The second-order valence-electron chi connectivity index (χ2n) is 8.54. The van der Waals surface area contributed by atoms with Crippen LogP contribution in [-0.4, -0.2) is 40.0 Å². The molecular weight excluding hydrogens is 457 g/mol. The van der Waals surface area contributed by atoms with Crippen LogP contribution in [0.1, 0.15) is 22.4 Å². The predicted molar refractivity (Wildman–Crippen MR) is 123 cm³/mol. The van der Waals surface area contributed by atoms with Gasteiger partial charge in [0.2, 0.25) is 5.95 Å². The van der Waals surface area contributed by atoms with E-state index in [1.54, 1.807) is 25.1 Å². The molecule has 1 aliphatic heterocycles. The molecule has 4 aromatic rings. The Morgan fingerprint density at radius 1 is 1.14 bits per heavy atom. The standard InChI is InChI=1S/C25H21F3N6O/c1-33(2)13-19-21(27)7-14(8-22(19)28)17-10-30-25(34-12-15(9-29)32-24(17)34)31-11-18-16-5-6-35-23(16)4-3-20(18)26/h3-4,7-8,10,12H,5-6,11,13H2,1-2H3,(H,30,31). The number of imidazole rings is 1. The van der Waals surface area contributed by atoms with Crippen molar-refractivity contribution < 1.29 is 17.9 Å². The number of nitrogens with one attached hydrogen (secondary N) is 1. The van der Waals surface area contributed by atoms with Crippen LogP contribution in [0.25, 0.3) is 16.8 Å². The average molecular weight is 478 g/mol. The number of ether oxygens (including phenoxy) is 1. The van der Waals surface area contributed by atoms with Gasteiger partial charge >= 0.3 is 0 Å². The highest BCUT2D eigenvalue weighted by molar-refractivity contribution is 5.78. The second kappa shape index (κ2) is 8.92. The summed E-state index contributed by atoms with van der Waals surface area (Å²) in [5.41, 5.74) is 2.23. The zero-order chi connectivity index (χ0) is 24.7. The van der Waals surface area contributed by atoms with Crippen molar-refractivity contribution in [2.75, 3.05) is 26.0 Å². The van der Waals surface area contributed by atoms with Crippen LogP contribution in [0.4, 0.5) is 19.1 Å². The lowest BCUT2D eigenvalue weighted by Crippen LogP contribution is -2.13. The van der Waals surface area contributed by atoms with Gasteiger partial charge in [-0.25, -0.2) is 23.1 Å². The lowest BCUT2D eigenvalue weighted by atomic mass is 10.0. The SMILES string of the molecule is CN(C)Cc1c(F)cc(-c2cnc(NCc3c(F)ccc4c3CCO4)n3cc(C#N)nc23)cc1F. The predicted octanol–water partition coefficient (Wildman–Crippen LogP) is 4.29. The smallest absolute Gasteiger partial charge is 0.208 e. The number of aromatic nitrogens is 3. The van der Waals surface area contributed by atoms with Gasteiger partial charge in [0, 0.05) is 48.0 Å². The molecule has 0 spiro atoms. The van der Waals surface area contributed by atoms with Gasteiger partial charge in [-0.3, -0.25) is 4.40 Å². The molecule has 0 atom stereocenters. The van der Waals surface area contributed by atoms with E-state index >= 15 is 0 Å².